The quantitative estimate of drug-likeness (QED) is 0.477. The number of thiazole rings is 1. The highest BCUT2D eigenvalue weighted by molar-refractivity contribution is 7.15. The predicted molar refractivity (Wildman–Crippen MR) is 119 cm³/mol. The van der Waals surface area contributed by atoms with E-state index >= 15 is 0 Å². The number of carbonyl (C=O) groups is 1. The molecule has 0 aliphatic carbocycles. The molecule has 0 saturated heterocycles. The van der Waals surface area contributed by atoms with Gasteiger partial charge in [-0.15, -0.1) is 11.3 Å². The second kappa shape index (κ2) is 8.79. The Labute approximate surface area is 186 Å². The maximum atomic E-state index is 13.2. The molecule has 0 atom stereocenters. The predicted octanol–water partition coefficient (Wildman–Crippen LogP) is 4.63. The van der Waals surface area contributed by atoms with Gasteiger partial charge in [0.25, 0.3) is 11.5 Å². The zero-order valence-corrected chi connectivity index (χ0v) is 17.9. The van der Waals surface area contributed by atoms with Crippen LogP contribution < -0.4 is 10.9 Å². The average molecular weight is 455 g/mol. The largest absolute Gasteiger partial charge is 0.296 e. The fourth-order valence-corrected chi connectivity index (χ4v) is 4.10. The Kier molecular flexibility index (Phi) is 5.92. The Balaban J connectivity index is 1.55. The van der Waals surface area contributed by atoms with Crippen LogP contribution in [0.3, 0.4) is 0 Å². The lowest BCUT2D eigenvalue weighted by atomic mass is 10.1. The molecule has 0 radical (unpaired) electrons. The minimum Gasteiger partial charge on any atom is -0.296 e. The number of carbonyl (C=O) groups excluding carboxylic acids is 1. The van der Waals surface area contributed by atoms with Gasteiger partial charge in [-0.25, -0.2) is 9.37 Å². The first-order valence-corrected chi connectivity index (χ1v) is 10.5. The van der Waals surface area contributed by atoms with Gasteiger partial charge in [0.2, 0.25) is 0 Å². The third-order valence-electron chi connectivity index (χ3n) is 4.53. The van der Waals surface area contributed by atoms with Crippen LogP contribution in [-0.2, 0) is 6.42 Å². The van der Waals surface area contributed by atoms with Gasteiger partial charge in [-0.2, -0.15) is 9.78 Å². The minimum atomic E-state index is -0.506. The first kappa shape index (κ1) is 20.9. The van der Waals surface area contributed by atoms with Crippen LogP contribution in [0.1, 0.15) is 26.6 Å². The zero-order chi connectivity index (χ0) is 22.0. The molecule has 31 heavy (non-hydrogen) atoms. The summed E-state index contributed by atoms with van der Waals surface area (Å²) in [5.74, 6) is -0.939. The maximum absolute atomic E-state index is 13.2. The van der Waals surface area contributed by atoms with E-state index in [0.717, 1.165) is 20.8 Å². The van der Waals surface area contributed by atoms with Crippen molar-refractivity contribution < 1.29 is 9.18 Å². The van der Waals surface area contributed by atoms with E-state index in [0.29, 0.717) is 22.3 Å². The number of nitrogens with one attached hydrogen (secondary N) is 1. The lowest BCUT2D eigenvalue weighted by Crippen LogP contribution is -2.24. The smallest absolute Gasteiger partial charge is 0.277 e. The molecule has 6 nitrogen and oxygen atoms in total. The third kappa shape index (κ3) is 4.70. The van der Waals surface area contributed by atoms with Crippen LogP contribution in [0.2, 0.25) is 5.02 Å². The molecule has 1 amide bonds. The topological polar surface area (TPSA) is 76.9 Å². The van der Waals surface area contributed by atoms with Gasteiger partial charge >= 0.3 is 0 Å². The van der Waals surface area contributed by atoms with Gasteiger partial charge in [-0.1, -0.05) is 29.8 Å². The van der Waals surface area contributed by atoms with Crippen molar-refractivity contribution in [3.8, 4) is 5.69 Å². The van der Waals surface area contributed by atoms with Crippen molar-refractivity contribution >= 4 is 34.0 Å². The minimum absolute atomic E-state index is 0.0319. The number of aryl methyl sites for hydroxylation is 1. The lowest BCUT2D eigenvalue weighted by Gasteiger charge is -2.06. The van der Waals surface area contributed by atoms with Crippen LogP contribution in [0, 0.1) is 12.7 Å². The maximum Gasteiger partial charge on any atom is 0.277 e. The summed E-state index contributed by atoms with van der Waals surface area (Å²) in [6.07, 6.45) is 0.604. The monoisotopic (exact) mass is 454 g/mol. The van der Waals surface area contributed by atoms with Gasteiger partial charge < -0.3 is 0 Å². The molecule has 0 fully saturated rings. The lowest BCUT2D eigenvalue weighted by molar-refractivity contribution is 0.102. The standard InChI is InChI=1S/C22H16ClFN4O2S/c1-13-19(12-14-4-2-3-5-17(14)23)31-22(25-13)26-21(30)18-10-11-20(29)28(27-18)16-8-6-15(24)7-9-16/h2-11H,12H2,1H3,(H,25,26,30). The van der Waals surface area contributed by atoms with E-state index in [4.69, 9.17) is 11.6 Å². The Hall–Kier alpha value is -3.36. The van der Waals surface area contributed by atoms with E-state index in [2.05, 4.69) is 15.4 Å². The molecule has 0 bridgehead atoms. The Morgan fingerprint density at radius 2 is 1.87 bits per heavy atom. The zero-order valence-electron chi connectivity index (χ0n) is 16.3. The summed E-state index contributed by atoms with van der Waals surface area (Å²) in [6, 6.07) is 15.4. The van der Waals surface area contributed by atoms with Crippen LogP contribution >= 0.6 is 22.9 Å². The van der Waals surface area contributed by atoms with Crippen molar-refractivity contribution in [3.63, 3.8) is 0 Å². The van der Waals surface area contributed by atoms with E-state index in [9.17, 15) is 14.0 Å². The molecule has 0 aliphatic rings. The first-order valence-electron chi connectivity index (χ1n) is 9.28. The highest BCUT2D eigenvalue weighted by Gasteiger charge is 2.15. The van der Waals surface area contributed by atoms with Crippen molar-refractivity contribution in [1.82, 2.24) is 14.8 Å². The molecule has 4 aromatic rings. The summed E-state index contributed by atoms with van der Waals surface area (Å²) in [7, 11) is 0. The summed E-state index contributed by atoms with van der Waals surface area (Å²) in [5, 5.41) is 7.93. The molecule has 4 rings (SSSR count). The van der Waals surface area contributed by atoms with Gasteiger partial charge in [-0.3, -0.25) is 14.9 Å². The molecule has 0 spiro atoms. The number of anilines is 1. The van der Waals surface area contributed by atoms with Gasteiger partial charge in [-0.05, 0) is 48.9 Å². The second-order valence-corrected chi connectivity index (χ2v) is 8.19. The number of aromatic nitrogens is 3. The Morgan fingerprint density at radius 1 is 1.13 bits per heavy atom. The fraction of sp³-hybridized carbons (Fsp3) is 0.0909. The summed E-state index contributed by atoms with van der Waals surface area (Å²) in [4.78, 5) is 30.2. The summed E-state index contributed by atoms with van der Waals surface area (Å²) >= 11 is 7.59. The molecule has 0 unspecified atom stereocenters. The van der Waals surface area contributed by atoms with Crippen LogP contribution in [0.25, 0.3) is 5.69 Å². The van der Waals surface area contributed by atoms with Gasteiger partial charge in [0.05, 0.1) is 11.4 Å². The molecule has 156 valence electrons. The SMILES string of the molecule is Cc1nc(NC(=O)c2ccc(=O)n(-c3ccc(F)cc3)n2)sc1Cc1ccccc1Cl. The number of hydrogen-bond acceptors (Lipinski definition) is 5. The number of nitrogens with zero attached hydrogens (tertiary/aromatic N) is 3. The van der Waals surface area contributed by atoms with Crippen molar-refractivity contribution in [1.29, 1.82) is 0 Å². The molecular weight excluding hydrogens is 439 g/mol. The molecule has 2 heterocycles. The molecule has 0 saturated carbocycles. The van der Waals surface area contributed by atoms with Gasteiger partial charge in [0.1, 0.15) is 11.5 Å². The van der Waals surface area contributed by atoms with Crippen molar-refractivity contribution in [2.45, 2.75) is 13.3 Å². The summed E-state index contributed by atoms with van der Waals surface area (Å²) in [5.41, 5.74) is 1.72. The summed E-state index contributed by atoms with van der Waals surface area (Å²) < 4.78 is 14.2. The molecule has 2 aromatic carbocycles. The second-order valence-electron chi connectivity index (χ2n) is 6.69. The van der Waals surface area contributed by atoms with E-state index in [1.165, 1.54) is 47.7 Å². The highest BCUT2D eigenvalue weighted by atomic mass is 35.5. The van der Waals surface area contributed by atoms with Crippen molar-refractivity contribution in [2.75, 3.05) is 5.32 Å². The van der Waals surface area contributed by atoms with Gasteiger partial charge in [0, 0.05) is 22.4 Å². The highest BCUT2D eigenvalue weighted by Crippen LogP contribution is 2.28. The Morgan fingerprint density at radius 3 is 2.61 bits per heavy atom. The van der Waals surface area contributed by atoms with Crippen LogP contribution in [0.4, 0.5) is 9.52 Å². The Bertz CT molecular complexity index is 1320. The van der Waals surface area contributed by atoms with Crippen molar-refractivity contribution in [2.24, 2.45) is 0 Å². The third-order valence-corrected chi connectivity index (χ3v) is 5.97. The van der Waals surface area contributed by atoms with Crippen LogP contribution in [0.15, 0.2) is 65.5 Å². The van der Waals surface area contributed by atoms with Crippen LogP contribution in [-0.4, -0.2) is 20.7 Å². The van der Waals surface area contributed by atoms with Crippen molar-refractivity contribution in [3.05, 3.63) is 104 Å². The fourth-order valence-electron chi connectivity index (χ4n) is 2.92. The molecule has 2 aromatic heterocycles. The first-order chi connectivity index (χ1) is 14.9. The number of rotatable bonds is 5. The van der Waals surface area contributed by atoms with E-state index < -0.39 is 17.3 Å². The average Bonchev–Trinajstić information content (AvgIpc) is 3.09. The number of amides is 1. The molecule has 1 N–H and O–H groups in total. The van der Waals surface area contributed by atoms with Crippen LogP contribution in [0.5, 0.6) is 0 Å². The summed E-state index contributed by atoms with van der Waals surface area (Å²) in [6.45, 7) is 1.87. The van der Waals surface area contributed by atoms with E-state index in [1.54, 1.807) is 0 Å². The number of hydrogen-bond donors (Lipinski definition) is 1. The molecule has 9 heteroatoms. The molecule has 0 aliphatic heterocycles. The van der Waals surface area contributed by atoms with E-state index in [1.807, 2.05) is 31.2 Å². The number of benzene rings is 2. The number of halogens is 2. The normalized spacial score (nSPS) is 10.8. The van der Waals surface area contributed by atoms with Gasteiger partial charge in [0.15, 0.2) is 5.13 Å². The van der Waals surface area contributed by atoms with E-state index in [-0.39, 0.29) is 5.69 Å². The molecular formula is C22H16ClFN4O2S.